The number of rotatable bonds is 5. The molecule has 25 heavy (non-hydrogen) atoms. The number of carbonyl (C=O) groups excluding carboxylic acids is 1. The Morgan fingerprint density at radius 3 is 2.76 bits per heavy atom. The van der Waals surface area contributed by atoms with E-state index in [1.807, 2.05) is 24.3 Å². The van der Waals surface area contributed by atoms with Gasteiger partial charge >= 0.3 is 0 Å². The van der Waals surface area contributed by atoms with Crippen LogP contribution in [0, 0.1) is 12.8 Å². The van der Waals surface area contributed by atoms with Crippen molar-refractivity contribution in [3.8, 4) is 5.75 Å². The molecule has 0 bridgehead atoms. The third-order valence-electron chi connectivity index (χ3n) is 4.45. The van der Waals surface area contributed by atoms with Crippen molar-refractivity contribution in [1.29, 1.82) is 0 Å². The molecule has 1 saturated carbocycles. The first-order chi connectivity index (χ1) is 12.2. The Balaban J connectivity index is 1.39. The van der Waals surface area contributed by atoms with Crippen LogP contribution in [0.25, 0.3) is 0 Å². The average Bonchev–Trinajstić information content (AvgIpc) is 3.39. The van der Waals surface area contributed by atoms with Gasteiger partial charge in [-0.15, -0.1) is 10.2 Å². The minimum Gasteiger partial charge on any atom is -0.493 e. The Hall–Kier alpha value is -2.41. The summed E-state index contributed by atoms with van der Waals surface area (Å²) in [6.07, 6.45) is 2.14. The normalized spacial score (nSPS) is 20.5. The molecule has 1 aliphatic carbocycles. The van der Waals surface area contributed by atoms with Gasteiger partial charge in [0.25, 0.3) is 5.91 Å². The Bertz CT molecular complexity index is 739. The molecule has 2 fully saturated rings. The number of morpholine rings is 1. The first kappa shape index (κ1) is 16.1. The second kappa shape index (κ2) is 6.84. The molecule has 7 nitrogen and oxygen atoms in total. The summed E-state index contributed by atoms with van der Waals surface area (Å²) in [6.45, 7) is 3.89. The molecular formula is C18H21N3O4. The molecule has 7 heteroatoms. The topological polar surface area (TPSA) is 77.7 Å². The van der Waals surface area contributed by atoms with Crippen LogP contribution in [0.3, 0.4) is 0 Å². The highest BCUT2D eigenvalue weighted by Crippen LogP contribution is 2.29. The van der Waals surface area contributed by atoms with Crippen LogP contribution in [0.15, 0.2) is 28.7 Å². The number of ether oxygens (including phenoxy) is 2. The maximum atomic E-state index is 12.7. The molecule has 132 valence electrons. The second-order valence-electron chi connectivity index (χ2n) is 6.55. The quantitative estimate of drug-likeness (QED) is 0.829. The summed E-state index contributed by atoms with van der Waals surface area (Å²) in [5.41, 5.74) is 0.640. The van der Waals surface area contributed by atoms with Gasteiger partial charge in [0.05, 0.1) is 19.8 Å². The van der Waals surface area contributed by atoms with E-state index in [0.717, 1.165) is 12.4 Å². The van der Waals surface area contributed by atoms with Crippen LogP contribution in [0.1, 0.15) is 41.1 Å². The van der Waals surface area contributed by atoms with Gasteiger partial charge < -0.3 is 18.8 Å². The highest BCUT2D eigenvalue weighted by atomic mass is 16.5. The maximum Gasteiger partial charge on any atom is 0.254 e. The maximum absolute atomic E-state index is 12.7. The average molecular weight is 343 g/mol. The van der Waals surface area contributed by atoms with Crippen molar-refractivity contribution in [2.45, 2.75) is 25.9 Å². The van der Waals surface area contributed by atoms with Gasteiger partial charge in [0.2, 0.25) is 11.8 Å². The van der Waals surface area contributed by atoms with Crippen molar-refractivity contribution >= 4 is 5.91 Å². The predicted molar refractivity (Wildman–Crippen MR) is 88.3 cm³/mol. The third kappa shape index (κ3) is 3.82. The molecule has 1 aliphatic heterocycles. The highest BCUT2D eigenvalue weighted by molar-refractivity contribution is 5.94. The van der Waals surface area contributed by atoms with E-state index in [9.17, 15) is 4.79 Å². The Morgan fingerprint density at radius 1 is 1.28 bits per heavy atom. The van der Waals surface area contributed by atoms with E-state index in [2.05, 4.69) is 10.2 Å². The van der Waals surface area contributed by atoms with Gasteiger partial charge in [-0.25, -0.2) is 0 Å². The summed E-state index contributed by atoms with van der Waals surface area (Å²) in [6, 6.07) is 7.33. The molecular weight excluding hydrogens is 322 g/mol. The number of hydrogen-bond donors (Lipinski definition) is 0. The van der Waals surface area contributed by atoms with Crippen LogP contribution >= 0.6 is 0 Å². The fourth-order valence-corrected chi connectivity index (χ4v) is 2.80. The molecule has 2 aromatic rings. The molecule has 1 aromatic carbocycles. The zero-order chi connectivity index (χ0) is 17.2. The second-order valence-corrected chi connectivity index (χ2v) is 6.55. The van der Waals surface area contributed by atoms with Crippen LogP contribution in [0.2, 0.25) is 0 Å². The Morgan fingerprint density at radius 2 is 2.08 bits per heavy atom. The molecule has 1 unspecified atom stereocenters. The van der Waals surface area contributed by atoms with Crippen molar-refractivity contribution in [3.63, 3.8) is 0 Å². The number of nitrogens with zero attached hydrogens (tertiary/aromatic N) is 3. The largest absolute Gasteiger partial charge is 0.493 e. The highest BCUT2D eigenvalue weighted by Gasteiger charge is 2.29. The van der Waals surface area contributed by atoms with Crippen molar-refractivity contribution in [2.75, 3.05) is 26.3 Å². The first-order valence-electron chi connectivity index (χ1n) is 8.63. The van der Waals surface area contributed by atoms with Crippen LogP contribution in [-0.4, -0.2) is 47.3 Å². The molecule has 4 rings (SSSR count). The lowest BCUT2D eigenvalue weighted by molar-refractivity contribution is -0.0349. The molecule has 2 aliphatic rings. The summed E-state index contributed by atoms with van der Waals surface area (Å²) in [7, 11) is 0. The molecule has 1 saturated heterocycles. The van der Waals surface area contributed by atoms with Gasteiger partial charge in [0, 0.05) is 19.0 Å². The number of carbonyl (C=O) groups is 1. The molecule has 1 aromatic heterocycles. The molecule has 0 spiro atoms. The zero-order valence-corrected chi connectivity index (χ0v) is 14.2. The van der Waals surface area contributed by atoms with E-state index in [-0.39, 0.29) is 12.0 Å². The Kier molecular flexibility index (Phi) is 4.40. The minimum atomic E-state index is -0.375. The van der Waals surface area contributed by atoms with E-state index in [4.69, 9.17) is 13.9 Å². The lowest BCUT2D eigenvalue weighted by atomic mass is 10.1. The summed E-state index contributed by atoms with van der Waals surface area (Å²) < 4.78 is 16.8. The number of aryl methyl sites for hydroxylation is 1. The molecule has 2 heterocycles. The summed E-state index contributed by atoms with van der Waals surface area (Å²) in [4.78, 5) is 14.5. The third-order valence-corrected chi connectivity index (χ3v) is 4.45. The Labute approximate surface area is 145 Å². The standard InChI is InChI=1S/C18H21N3O4/c1-12-19-20-17(25-12)16-10-21(8-9-23-16)18(22)14-4-6-15(7-5-14)24-11-13-2-3-13/h4-7,13,16H,2-3,8-11H2,1H3. The summed E-state index contributed by atoms with van der Waals surface area (Å²) >= 11 is 0. The van der Waals surface area contributed by atoms with E-state index in [1.54, 1.807) is 11.8 Å². The van der Waals surface area contributed by atoms with Crippen LogP contribution in [-0.2, 0) is 4.74 Å². The van der Waals surface area contributed by atoms with Crippen LogP contribution in [0.4, 0.5) is 0 Å². The van der Waals surface area contributed by atoms with E-state index >= 15 is 0 Å². The lowest BCUT2D eigenvalue weighted by Crippen LogP contribution is -2.42. The van der Waals surface area contributed by atoms with Crippen molar-refractivity contribution in [2.24, 2.45) is 5.92 Å². The van der Waals surface area contributed by atoms with Gasteiger partial charge in [-0.05, 0) is 43.0 Å². The fraction of sp³-hybridized carbons (Fsp3) is 0.500. The van der Waals surface area contributed by atoms with Gasteiger partial charge in [0.1, 0.15) is 5.75 Å². The van der Waals surface area contributed by atoms with Crippen molar-refractivity contribution in [3.05, 3.63) is 41.6 Å². The van der Waals surface area contributed by atoms with E-state index < -0.39 is 0 Å². The van der Waals surface area contributed by atoms with E-state index in [0.29, 0.717) is 43.0 Å². The zero-order valence-electron chi connectivity index (χ0n) is 14.2. The number of amides is 1. The van der Waals surface area contributed by atoms with Crippen molar-refractivity contribution < 1.29 is 18.7 Å². The van der Waals surface area contributed by atoms with Gasteiger partial charge in [-0.2, -0.15) is 0 Å². The predicted octanol–water partition coefficient (Wildman–Crippen LogP) is 2.38. The fourth-order valence-electron chi connectivity index (χ4n) is 2.80. The van der Waals surface area contributed by atoms with Crippen LogP contribution in [0.5, 0.6) is 5.75 Å². The molecule has 0 N–H and O–H groups in total. The summed E-state index contributed by atoms with van der Waals surface area (Å²) in [5, 5.41) is 7.81. The smallest absolute Gasteiger partial charge is 0.254 e. The summed E-state index contributed by atoms with van der Waals surface area (Å²) in [5.74, 6) is 2.39. The number of aromatic nitrogens is 2. The van der Waals surface area contributed by atoms with Crippen LogP contribution < -0.4 is 4.74 Å². The van der Waals surface area contributed by atoms with Gasteiger partial charge in [0.15, 0.2) is 6.10 Å². The van der Waals surface area contributed by atoms with Gasteiger partial charge in [-0.1, -0.05) is 0 Å². The number of hydrogen-bond acceptors (Lipinski definition) is 6. The van der Waals surface area contributed by atoms with E-state index in [1.165, 1.54) is 12.8 Å². The first-order valence-corrected chi connectivity index (χ1v) is 8.63. The lowest BCUT2D eigenvalue weighted by Gasteiger charge is -2.31. The molecule has 0 radical (unpaired) electrons. The molecule has 1 atom stereocenters. The number of benzene rings is 1. The monoisotopic (exact) mass is 343 g/mol. The van der Waals surface area contributed by atoms with Gasteiger partial charge in [-0.3, -0.25) is 4.79 Å². The minimum absolute atomic E-state index is 0.0294. The molecule has 1 amide bonds. The SMILES string of the molecule is Cc1nnc(C2CN(C(=O)c3ccc(OCC4CC4)cc3)CCO2)o1. The van der Waals surface area contributed by atoms with Crippen molar-refractivity contribution in [1.82, 2.24) is 15.1 Å².